The Kier molecular flexibility index (Phi) is 10.5. The molecule has 0 saturated carbocycles. The third-order valence-electron chi connectivity index (χ3n) is 5.28. The molecule has 9 atom stereocenters. The molecule has 1 fully saturated rings. The van der Waals surface area contributed by atoms with E-state index in [1.165, 1.54) is 25.3 Å². The summed E-state index contributed by atoms with van der Waals surface area (Å²) >= 11 is 0. The fraction of sp³-hybridized carbons (Fsp3) is 0.545. The van der Waals surface area contributed by atoms with E-state index in [9.17, 15) is 50.4 Å². The summed E-state index contributed by atoms with van der Waals surface area (Å²) in [6, 6.07) is 3.61. The molecule has 0 aliphatic carbocycles. The van der Waals surface area contributed by atoms with Crippen LogP contribution in [0.5, 0.6) is 11.5 Å². The van der Waals surface area contributed by atoms with Gasteiger partial charge in [0.1, 0.15) is 55.4 Å². The Morgan fingerprint density at radius 1 is 1.19 bits per heavy atom. The van der Waals surface area contributed by atoms with Gasteiger partial charge < -0.3 is 64.6 Å². The van der Waals surface area contributed by atoms with E-state index in [1.807, 2.05) is 0 Å². The molecular weight excluding hydrogens is 488 g/mol. The van der Waals surface area contributed by atoms with Crippen LogP contribution >= 0.6 is 0 Å². The average molecular weight is 519 g/mol. The highest BCUT2D eigenvalue weighted by Gasteiger charge is 2.47. The van der Waals surface area contributed by atoms with Crippen molar-refractivity contribution < 1.29 is 70.8 Å². The topological polar surface area (TPSA) is 233 Å². The van der Waals surface area contributed by atoms with Crippen molar-refractivity contribution >= 4 is 18.3 Å². The van der Waals surface area contributed by atoms with Gasteiger partial charge in [0.05, 0.1) is 15.1 Å². The molecular formula is C22H30O14. The molecule has 14 nitrogen and oxygen atoms in total. The van der Waals surface area contributed by atoms with E-state index >= 15 is 0 Å². The number of aldehydes is 1. The third-order valence-corrected chi connectivity index (χ3v) is 5.28. The van der Waals surface area contributed by atoms with Crippen molar-refractivity contribution in [1.29, 1.82) is 0 Å². The first kappa shape index (κ1) is 27.9. The Morgan fingerprint density at radius 3 is 2.50 bits per heavy atom. The van der Waals surface area contributed by atoms with Crippen LogP contribution in [-0.4, -0.2) is 129 Å². The monoisotopic (exact) mass is 519 g/mol. The summed E-state index contributed by atoms with van der Waals surface area (Å²) in [4.78, 5) is 23.0. The molecule has 202 valence electrons. The van der Waals surface area contributed by atoms with E-state index in [0.29, 0.717) is 0 Å². The van der Waals surface area contributed by atoms with Crippen LogP contribution < -0.4 is 4.74 Å². The highest BCUT2D eigenvalue weighted by molar-refractivity contribution is 5.87. The van der Waals surface area contributed by atoms with E-state index in [0.717, 1.165) is 6.08 Å². The lowest BCUT2D eigenvalue weighted by atomic mass is 9.98. The van der Waals surface area contributed by atoms with Crippen LogP contribution in [0.1, 0.15) is 6.93 Å². The number of carbonyl (C=O) groups excluding carboxylic acids is 2. The highest BCUT2D eigenvalue weighted by Crippen LogP contribution is 2.27. The number of hydrogen-bond donors (Lipinski definition) is 8. The van der Waals surface area contributed by atoms with Gasteiger partial charge in [-0.1, -0.05) is 6.07 Å². The van der Waals surface area contributed by atoms with Gasteiger partial charge in [-0.25, -0.2) is 4.79 Å². The fourth-order valence-electron chi connectivity index (χ4n) is 3.21. The van der Waals surface area contributed by atoms with Crippen molar-refractivity contribution in [2.75, 3.05) is 20.3 Å². The molecule has 14 heteroatoms. The predicted molar refractivity (Wildman–Crippen MR) is 117 cm³/mol. The minimum atomic E-state index is -2.07. The minimum Gasteiger partial charge on any atom is -0.504 e. The maximum atomic E-state index is 12.2. The zero-order valence-corrected chi connectivity index (χ0v) is 19.0. The van der Waals surface area contributed by atoms with Crippen LogP contribution in [0.4, 0.5) is 0 Å². The number of phenolic OH excluding ortho intramolecular Hbond substituents is 1. The van der Waals surface area contributed by atoms with Crippen molar-refractivity contribution in [3.8, 4) is 11.5 Å². The van der Waals surface area contributed by atoms with Crippen LogP contribution in [0.3, 0.4) is 0 Å². The minimum absolute atomic E-state index is 0.0630. The number of hydrogen-bond acceptors (Lipinski definition) is 14. The largest absolute Gasteiger partial charge is 0.504 e. The first-order chi connectivity index (χ1) is 17.4. The van der Waals surface area contributed by atoms with E-state index < -0.39 is 74.3 Å². The van der Waals surface area contributed by atoms with Gasteiger partial charge in [-0.2, -0.15) is 0 Å². The fourth-order valence-corrected chi connectivity index (χ4v) is 3.21. The van der Waals surface area contributed by atoms with Crippen molar-refractivity contribution in [1.82, 2.24) is 0 Å². The van der Waals surface area contributed by atoms with E-state index in [1.54, 1.807) is 0 Å². The van der Waals surface area contributed by atoms with Crippen LogP contribution in [0.15, 0.2) is 24.3 Å². The summed E-state index contributed by atoms with van der Waals surface area (Å²) < 4.78 is 28.4. The summed E-state index contributed by atoms with van der Waals surface area (Å²) in [6.07, 6.45) is -16.2. The van der Waals surface area contributed by atoms with Gasteiger partial charge in [-0.05, 0) is 23.7 Å². The van der Waals surface area contributed by atoms with Gasteiger partial charge in [0.2, 0.25) is 0 Å². The molecule has 0 bridgehead atoms. The zero-order valence-electron chi connectivity index (χ0n) is 20.0. The third kappa shape index (κ3) is 7.42. The number of esters is 1. The Hall–Kier alpha value is -2.66. The summed E-state index contributed by atoms with van der Waals surface area (Å²) in [5.74, 6) is -1.16. The van der Waals surface area contributed by atoms with Gasteiger partial charge in [0.15, 0.2) is 24.1 Å². The van der Waals surface area contributed by atoms with Gasteiger partial charge >= 0.3 is 5.97 Å². The lowest BCUT2D eigenvalue weighted by molar-refractivity contribution is -0.326. The van der Waals surface area contributed by atoms with Crippen molar-refractivity contribution in [2.24, 2.45) is 0 Å². The molecule has 1 aliphatic heterocycles. The Labute approximate surface area is 206 Å². The second-order valence-electron chi connectivity index (χ2n) is 7.79. The SMILES string of the molecule is [2H]/C(=C\C(=O)OC[C@H]1OC(O[C@H]([C@H](O)[C@@H](O)C=O)[C@H](O)CO)[C@H](O)[C@@H](O)[C@H]1O)c1ccc(O)c(OC)c1. The Morgan fingerprint density at radius 2 is 1.89 bits per heavy atom. The number of carbonyl (C=O) groups is 2. The van der Waals surface area contributed by atoms with Crippen LogP contribution in [0.25, 0.3) is 6.05 Å². The Bertz CT molecular complexity index is 942. The quantitative estimate of drug-likeness (QED) is 0.0758. The second kappa shape index (κ2) is 13.6. The van der Waals surface area contributed by atoms with Crippen LogP contribution in [-0.2, 0) is 23.8 Å². The summed E-state index contributed by atoms with van der Waals surface area (Å²) in [5.41, 5.74) is 0.206. The first-order valence-electron chi connectivity index (χ1n) is 11.1. The standard InChI is InChI=1S/C22H30O14/c1-33-14-6-10(2-4-11(14)25)3-5-16(28)34-9-15-18(30)19(31)20(32)22(35-15)36-21(13(27)8-24)17(29)12(26)7-23/h2-7,12-13,15,17-22,24-27,29-32H,8-9H2,1H3/b5-3+/t12-,13+,15+,17+,18-,19-,20+,21-,22?/m0/s1/i3D. The molecule has 0 aromatic heterocycles. The molecule has 36 heavy (non-hydrogen) atoms. The lowest BCUT2D eigenvalue weighted by Gasteiger charge is -2.42. The number of aliphatic hydroxyl groups excluding tert-OH is 7. The van der Waals surface area contributed by atoms with Gasteiger partial charge in [-0.15, -0.1) is 0 Å². The summed E-state index contributed by atoms with van der Waals surface area (Å²) in [5, 5.41) is 78.9. The van der Waals surface area contributed by atoms with Crippen molar-refractivity contribution in [3.63, 3.8) is 0 Å². The Balaban J connectivity index is 2.10. The van der Waals surface area contributed by atoms with Gasteiger partial charge in [0.25, 0.3) is 0 Å². The van der Waals surface area contributed by atoms with Crippen LogP contribution in [0, 0.1) is 0 Å². The number of aliphatic hydroxyl groups is 7. The molecule has 0 spiro atoms. The second-order valence-corrected chi connectivity index (χ2v) is 7.79. The summed E-state index contributed by atoms with van der Waals surface area (Å²) in [6.45, 7) is -1.70. The smallest absolute Gasteiger partial charge is 0.330 e. The number of rotatable bonds is 12. The maximum absolute atomic E-state index is 12.2. The molecule has 1 aromatic rings. The molecule has 0 radical (unpaired) electrons. The number of benzene rings is 1. The lowest BCUT2D eigenvalue weighted by Crippen LogP contribution is -2.61. The number of methoxy groups -OCH3 is 1. The maximum Gasteiger partial charge on any atom is 0.330 e. The molecule has 1 aromatic carbocycles. The molecule has 0 amide bonds. The van der Waals surface area contributed by atoms with Crippen LogP contribution in [0.2, 0.25) is 0 Å². The van der Waals surface area contributed by atoms with Gasteiger partial charge in [0, 0.05) is 6.08 Å². The molecule has 8 N–H and O–H groups in total. The van der Waals surface area contributed by atoms with Crippen molar-refractivity contribution in [2.45, 2.75) is 55.1 Å². The summed E-state index contributed by atoms with van der Waals surface area (Å²) in [7, 11) is 1.30. The van der Waals surface area contributed by atoms with E-state index in [4.69, 9.17) is 20.3 Å². The van der Waals surface area contributed by atoms with Crippen molar-refractivity contribution in [3.05, 3.63) is 29.8 Å². The van der Waals surface area contributed by atoms with E-state index in [-0.39, 0.29) is 29.4 Å². The molecule has 1 unspecified atom stereocenters. The zero-order chi connectivity index (χ0) is 27.9. The number of ether oxygens (including phenoxy) is 4. The number of phenols is 1. The highest BCUT2D eigenvalue weighted by atomic mass is 16.7. The normalized spacial score (nSPS) is 28.4. The van der Waals surface area contributed by atoms with Gasteiger partial charge in [-0.3, -0.25) is 0 Å². The predicted octanol–water partition coefficient (Wildman–Crippen LogP) is -3.58. The average Bonchev–Trinajstić information content (AvgIpc) is 2.89. The molecule has 2 rings (SSSR count). The van der Waals surface area contributed by atoms with E-state index in [2.05, 4.69) is 0 Å². The number of aromatic hydroxyl groups is 1. The molecule has 1 saturated heterocycles. The molecule has 1 aliphatic rings. The molecule has 1 heterocycles. The first-order valence-corrected chi connectivity index (χ1v) is 10.6.